The topological polar surface area (TPSA) is 48.7 Å². The molecule has 4 heteroatoms. The number of hydrogen-bond donors (Lipinski definition) is 1. The molecule has 0 unspecified atom stereocenters. The van der Waals surface area contributed by atoms with Crippen LogP contribution in [0.15, 0.2) is 18.3 Å². The number of nitriles is 1. The molecule has 0 amide bonds. The van der Waals surface area contributed by atoms with Gasteiger partial charge in [-0.15, -0.1) is 0 Å². The molecular formula is C13H17N3S. The third kappa shape index (κ3) is 3.37. The Bertz CT molecular complexity index is 396. The molecule has 0 aromatic carbocycles. The summed E-state index contributed by atoms with van der Waals surface area (Å²) >= 11 is 1.97. The van der Waals surface area contributed by atoms with Crippen LogP contribution < -0.4 is 5.32 Å². The van der Waals surface area contributed by atoms with Gasteiger partial charge in [0, 0.05) is 11.3 Å². The monoisotopic (exact) mass is 247 g/mol. The summed E-state index contributed by atoms with van der Waals surface area (Å²) in [6.07, 6.45) is 9.04. The molecule has 2 atom stereocenters. The zero-order valence-electron chi connectivity index (χ0n) is 10.0. The molecule has 17 heavy (non-hydrogen) atoms. The minimum atomic E-state index is 0.473. The van der Waals surface area contributed by atoms with Crippen LogP contribution in [0.5, 0.6) is 0 Å². The van der Waals surface area contributed by atoms with Crippen molar-refractivity contribution in [1.82, 2.24) is 4.98 Å². The molecule has 1 aliphatic carbocycles. The van der Waals surface area contributed by atoms with Crippen molar-refractivity contribution in [2.45, 2.75) is 37.0 Å². The van der Waals surface area contributed by atoms with E-state index in [0.29, 0.717) is 11.7 Å². The maximum Gasteiger partial charge on any atom is 0.140 e. The van der Waals surface area contributed by atoms with Crippen LogP contribution in [0.2, 0.25) is 0 Å². The van der Waals surface area contributed by atoms with E-state index in [4.69, 9.17) is 5.26 Å². The van der Waals surface area contributed by atoms with Gasteiger partial charge in [0.2, 0.25) is 0 Å². The number of pyridine rings is 1. The van der Waals surface area contributed by atoms with Gasteiger partial charge in [0.15, 0.2) is 0 Å². The normalized spacial score (nSPS) is 24.0. The van der Waals surface area contributed by atoms with Gasteiger partial charge >= 0.3 is 0 Å². The van der Waals surface area contributed by atoms with Crippen molar-refractivity contribution in [2.75, 3.05) is 11.6 Å². The van der Waals surface area contributed by atoms with Crippen LogP contribution in [0.3, 0.4) is 0 Å². The molecule has 1 fully saturated rings. The summed E-state index contributed by atoms with van der Waals surface area (Å²) in [6.45, 7) is 0. The maximum absolute atomic E-state index is 8.68. The predicted octanol–water partition coefficient (Wildman–Crippen LogP) is 3.04. The highest BCUT2D eigenvalue weighted by Crippen LogP contribution is 2.28. The van der Waals surface area contributed by atoms with Crippen LogP contribution in [0.4, 0.5) is 5.69 Å². The van der Waals surface area contributed by atoms with Crippen molar-refractivity contribution in [3.05, 3.63) is 24.0 Å². The van der Waals surface area contributed by atoms with Crippen LogP contribution in [-0.2, 0) is 0 Å². The lowest BCUT2D eigenvalue weighted by Gasteiger charge is -2.29. The van der Waals surface area contributed by atoms with Crippen molar-refractivity contribution in [2.24, 2.45) is 0 Å². The molecule has 1 aromatic heterocycles. The Kier molecular flexibility index (Phi) is 4.27. The summed E-state index contributed by atoms with van der Waals surface area (Å²) in [6, 6.07) is 6.28. The first-order chi connectivity index (χ1) is 8.31. The van der Waals surface area contributed by atoms with Gasteiger partial charge in [0.1, 0.15) is 11.8 Å². The van der Waals surface area contributed by atoms with Gasteiger partial charge in [-0.05, 0) is 37.7 Å². The van der Waals surface area contributed by atoms with Crippen LogP contribution in [-0.4, -0.2) is 22.5 Å². The van der Waals surface area contributed by atoms with E-state index in [1.54, 1.807) is 12.3 Å². The van der Waals surface area contributed by atoms with Gasteiger partial charge in [-0.3, -0.25) is 0 Å². The lowest BCUT2D eigenvalue weighted by atomic mass is 9.95. The van der Waals surface area contributed by atoms with Crippen molar-refractivity contribution < 1.29 is 0 Å². The molecule has 0 saturated heterocycles. The molecule has 0 radical (unpaired) electrons. The highest BCUT2D eigenvalue weighted by atomic mass is 32.2. The number of nitrogens with zero attached hydrogens (tertiary/aromatic N) is 2. The van der Waals surface area contributed by atoms with Crippen molar-refractivity contribution in [1.29, 1.82) is 5.26 Å². The van der Waals surface area contributed by atoms with E-state index in [1.807, 2.05) is 23.9 Å². The number of anilines is 1. The standard InChI is InChI=1S/C13H17N3S/c1-17-13-4-2-3-10(7-13)16-12-6-5-11(8-14)15-9-12/h5-6,9-10,13,16H,2-4,7H2,1H3/t10-,13+/m0/s1. The van der Waals surface area contributed by atoms with E-state index in [1.165, 1.54) is 25.7 Å². The van der Waals surface area contributed by atoms with E-state index in [2.05, 4.69) is 16.6 Å². The second-order valence-electron chi connectivity index (χ2n) is 4.41. The molecule has 2 rings (SSSR count). The molecule has 1 N–H and O–H groups in total. The lowest BCUT2D eigenvalue weighted by Crippen LogP contribution is -2.28. The fraction of sp³-hybridized carbons (Fsp3) is 0.538. The Morgan fingerprint density at radius 1 is 1.47 bits per heavy atom. The molecule has 0 aliphatic heterocycles. The second-order valence-corrected chi connectivity index (χ2v) is 5.55. The Hall–Kier alpha value is -1.21. The van der Waals surface area contributed by atoms with Crippen LogP contribution >= 0.6 is 11.8 Å². The summed E-state index contributed by atoms with van der Waals surface area (Å²) < 4.78 is 0. The second kappa shape index (κ2) is 5.92. The lowest BCUT2D eigenvalue weighted by molar-refractivity contribution is 0.473. The Balaban J connectivity index is 1.93. The van der Waals surface area contributed by atoms with Gasteiger partial charge in [0.25, 0.3) is 0 Å². The summed E-state index contributed by atoms with van der Waals surface area (Å²) in [5.74, 6) is 0. The quantitative estimate of drug-likeness (QED) is 0.892. The van der Waals surface area contributed by atoms with E-state index >= 15 is 0 Å². The van der Waals surface area contributed by atoms with E-state index in [0.717, 1.165) is 10.9 Å². The van der Waals surface area contributed by atoms with Gasteiger partial charge in [-0.2, -0.15) is 17.0 Å². The van der Waals surface area contributed by atoms with Gasteiger partial charge in [0.05, 0.1) is 11.9 Å². The van der Waals surface area contributed by atoms with Crippen molar-refractivity contribution in [3.8, 4) is 6.07 Å². The molecule has 3 nitrogen and oxygen atoms in total. The number of nitrogens with one attached hydrogen (secondary N) is 1. The third-order valence-corrected chi connectivity index (χ3v) is 4.30. The molecule has 0 bridgehead atoms. The van der Waals surface area contributed by atoms with Crippen LogP contribution in [0.25, 0.3) is 0 Å². The van der Waals surface area contributed by atoms with Crippen LogP contribution in [0.1, 0.15) is 31.4 Å². The number of aromatic nitrogens is 1. The molecule has 1 aromatic rings. The Morgan fingerprint density at radius 3 is 3.00 bits per heavy atom. The number of hydrogen-bond acceptors (Lipinski definition) is 4. The molecule has 0 spiro atoms. The van der Waals surface area contributed by atoms with Gasteiger partial charge in [-0.1, -0.05) is 6.42 Å². The summed E-state index contributed by atoms with van der Waals surface area (Å²) in [5, 5.41) is 13.0. The molecule has 1 aliphatic rings. The van der Waals surface area contributed by atoms with Crippen molar-refractivity contribution in [3.63, 3.8) is 0 Å². The summed E-state index contributed by atoms with van der Waals surface area (Å²) in [7, 11) is 0. The minimum Gasteiger partial charge on any atom is -0.381 e. The smallest absolute Gasteiger partial charge is 0.140 e. The largest absolute Gasteiger partial charge is 0.381 e. The molecular weight excluding hydrogens is 230 g/mol. The Labute approximate surface area is 107 Å². The molecule has 90 valence electrons. The number of rotatable bonds is 3. The van der Waals surface area contributed by atoms with Crippen LogP contribution in [0, 0.1) is 11.3 Å². The first-order valence-corrected chi connectivity index (χ1v) is 7.26. The van der Waals surface area contributed by atoms with Gasteiger partial charge in [-0.25, -0.2) is 4.98 Å². The maximum atomic E-state index is 8.68. The number of thioether (sulfide) groups is 1. The third-order valence-electron chi connectivity index (χ3n) is 3.21. The fourth-order valence-corrected chi connectivity index (χ4v) is 3.10. The summed E-state index contributed by atoms with van der Waals surface area (Å²) in [5.41, 5.74) is 1.50. The zero-order chi connectivity index (χ0) is 12.1. The first kappa shape index (κ1) is 12.3. The average Bonchev–Trinajstić information content (AvgIpc) is 2.40. The average molecular weight is 247 g/mol. The predicted molar refractivity (Wildman–Crippen MR) is 72.1 cm³/mol. The van der Waals surface area contributed by atoms with E-state index < -0.39 is 0 Å². The van der Waals surface area contributed by atoms with E-state index in [9.17, 15) is 0 Å². The highest BCUT2D eigenvalue weighted by molar-refractivity contribution is 7.99. The SMILES string of the molecule is CS[C@@H]1CCC[C@H](Nc2ccc(C#N)nc2)C1. The van der Waals surface area contributed by atoms with Crippen molar-refractivity contribution >= 4 is 17.4 Å². The van der Waals surface area contributed by atoms with E-state index in [-0.39, 0.29) is 0 Å². The fourth-order valence-electron chi connectivity index (χ4n) is 2.27. The molecule has 1 saturated carbocycles. The summed E-state index contributed by atoms with van der Waals surface area (Å²) in [4.78, 5) is 4.07. The highest BCUT2D eigenvalue weighted by Gasteiger charge is 2.20. The molecule has 1 heterocycles. The zero-order valence-corrected chi connectivity index (χ0v) is 10.8. The first-order valence-electron chi connectivity index (χ1n) is 5.97. The van der Waals surface area contributed by atoms with Gasteiger partial charge < -0.3 is 5.32 Å². The minimum absolute atomic E-state index is 0.473. The Morgan fingerprint density at radius 2 is 2.35 bits per heavy atom.